The predicted octanol–water partition coefficient (Wildman–Crippen LogP) is 1.37. The molecule has 0 saturated carbocycles. The number of nitrogens with zero attached hydrogens (tertiary/aromatic N) is 3. The fourth-order valence-corrected chi connectivity index (χ4v) is 2.88. The van der Waals surface area contributed by atoms with E-state index in [4.69, 9.17) is 5.73 Å². The molecular weight excluding hydrogens is 220 g/mol. The third-order valence-electron chi connectivity index (χ3n) is 2.63. The van der Waals surface area contributed by atoms with Crippen LogP contribution in [0.5, 0.6) is 0 Å². The topological polar surface area (TPSA) is 56.7 Å². The third kappa shape index (κ3) is 1.44. The molecule has 0 spiro atoms. The number of fused-ring (bicyclic) bond motifs is 3. The van der Waals surface area contributed by atoms with Gasteiger partial charge >= 0.3 is 0 Å². The fourth-order valence-electron chi connectivity index (χ4n) is 1.92. The first kappa shape index (κ1) is 9.86. The molecular formula is C11H12N4S. The van der Waals surface area contributed by atoms with Gasteiger partial charge in [-0.1, -0.05) is 12.1 Å². The van der Waals surface area contributed by atoms with Gasteiger partial charge in [0.25, 0.3) is 0 Å². The first-order valence-corrected chi connectivity index (χ1v) is 6.24. The van der Waals surface area contributed by atoms with E-state index in [1.54, 1.807) is 0 Å². The number of benzene rings is 1. The largest absolute Gasteiger partial charge is 0.330 e. The Bertz CT molecular complexity index is 520. The van der Waals surface area contributed by atoms with Crippen LogP contribution >= 0.6 is 11.8 Å². The van der Waals surface area contributed by atoms with Gasteiger partial charge in [0.15, 0.2) is 0 Å². The SMILES string of the molecule is NCCc1nnc2n1-c1ccccc1SC2. The standard InChI is InChI=1S/C11H12N4S/c12-6-5-10-13-14-11-7-16-9-4-2-1-3-8(9)15(10)11/h1-4H,5-7,12H2. The number of hydrogen-bond donors (Lipinski definition) is 1. The average Bonchev–Trinajstić information content (AvgIpc) is 2.73. The minimum atomic E-state index is 0.605. The first-order valence-electron chi connectivity index (χ1n) is 5.25. The van der Waals surface area contributed by atoms with Gasteiger partial charge in [-0.15, -0.1) is 22.0 Å². The van der Waals surface area contributed by atoms with Crippen LogP contribution < -0.4 is 5.73 Å². The number of para-hydroxylation sites is 1. The third-order valence-corrected chi connectivity index (χ3v) is 3.69. The van der Waals surface area contributed by atoms with Crippen molar-refractivity contribution in [2.45, 2.75) is 17.1 Å². The molecule has 5 heteroatoms. The molecule has 3 rings (SSSR count). The van der Waals surface area contributed by atoms with Crippen molar-refractivity contribution in [2.75, 3.05) is 6.54 Å². The summed E-state index contributed by atoms with van der Waals surface area (Å²) in [6.07, 6.45) is 0.770. The Kier molecular flexibility index (Phi) is 2.41. The summed E-state index contributed by atoms with van der Waals surface area (Å²) in [4.78, 5) is 1.29. The monoisotopic (exact) mass is 232 g/mol. The van der Waals surface area contributed by atoms with Crippen molar-refractivity contribution in [3.05, 3.63) is 35.9 Å². The lowest BCUT2D eigenvalue weighted by molar-refractivity contribution is 0.810. The molecule has 0 fully saturated rings. The van der Waals surface area contributed by atoms with Gasteiger partial charge in [0, 0.05) is 11.3 Å². The number of nitrogens with two attached hydrogens (primary N) is 1. The molecule has 0 atom stereocenters. The van der Waals surface area contributed by atoms with Crippen LogP contribution in [-0.4, -0.2) is 21.3 Å². The highest BCUT2D eigenvalue weighted by Gasteiger charge is 2.20. The van der Waals surface area contributed by atoms with E-state index < -0.39 is 0 Å². The number of rotatable bonds is 2. The van der Waals surface area contributed by atoms with Gasteiger partial charge in [0.1, 0.15) is 11.6 Å². The molecule has 2 N–H and O–H groups in total. The molecule has 1 aliphatic rings. The molecule has 82 valence electrons. The highest BCUT2D eigenvalue weighted by molar-refractivity contribution is 7.98. The summed E-state index contributed by atoms with van der Waals surface area (Å²) in [5, 5.41) is 8.42. The summed E-state index contributed by atoms with van der Waals surface area (Å²) in [6, 6.07) is 8.34. The number of thioether (sulfide) groups is 1. The molecule has 2 aromatic rings. The van der Waals surface area contributed by atoms with E-state index in [9.17, 15) is 0 Å². The molecule has 0 amide bonds. The zero-order chi connectivity index (χ0) is 11.0. The number of hydrogen-bond acceptors (Lipinski definition) is 4. The van der Waals surface area contributed by atoms with Crippen LogP contribution in [0.4, 0.5) is 0 Å². The first-order chi connectivity index (χ1) is 7.90. The summed E-state index contributed by atoms with van der Waals surface area (Å²) >= 11 is 1.81. The lowest BCUT2D eigenvalue weighted by Crippen LogP contribution is -2.13. The minimum absolute atomic E-state index is 0.605. The van der Waals surface area contributed by atoms with Crippen molar-refractivity contribution in [1.29, 1.82) is 0 Å². The van der Waals surface area contributed by atoms with E-state index in [2.05, 4.69) is 33.0 Å². The van der Waals surface area contributed by atoms with Crippen molar-refractivity contribution in [2.24, 2.45) is 5.73 Å². The molecule has 0 unspecified atom stereocenters. The van der Waals surface area contributed by atoms with Gasteiger partial charge in [-0.3, -0.25) is 4.57 Å². The van der Waals surface area contributed by atoms with Crippen molar-refractivity contribution >= 4 is 11.8 Å². The van der Waals surface area contributed by atoms with Gasteiger partial charge in [0.2, 0.25) is 0 Å². The molecule has 0 aliphatic carbocycles. The second-order valence-electron chi connectivity index (χ2n) is 3.66. The summed E-state index contributed by atoms with van der Waals surface area (Å²) in [5.41, 5.74) is 6.77. The smallest absolute Gasteiger partial charge is 0.148 e. The molecule has 1 aliphatic heterocycles. The minimum Gasteiger partial charge on any atom is -0.330 e. The molecule has 0 saturated heterocycles. The van der Waals surface area contributed by atoms with E-state index in [-0.39, 0.29) is 0 Å². The lowest BCUT2D eigenvalue weighted by atomic mass is 10.3. The van der Waals surface area contributed by atoms with E-state index in [1.165, 1.54) is 10.6 Å². The Morgan fingerprint density at radius 2 is 2.19 bits per heavy atom. The van der Waals surface area contributed by atoms with Gasteiger partial charge in [-0.25, -0.2) is 0 Å². The van der Waals surface area contributed by atoms with Crippen LogP contribution in [0, 0.1) is 0 Å². The van der Waals surface area contributed by atoms with E-state index in [0.717, 1.165) is 23.8 Å². The zero-order valence-corrected chi connectivity index (χ0v) is 9.57. The molecule has 0 bridgehead atoms. The summed E-state index contributed by atoms with van der Waals surface area (Å²) in [6.45, 7) is 0.605. The normalized spacial score (nSPS) is 13.3. The van der Waals surface area contributed by atoms with Crippen LogP contribution in [0.15, 0.2) is 29.2 Å². The molecule has 2 heterocycles. The van der Waals surface area contributed by atoms with Crippen molar-refractivity contribution < 1.29 is 0 Å². The highest BCUT2D eigenvalue weighted by Crippen LogP contribution is 2.34. The summed E-state index contributed by atoms with van der Waals surface area (Å²) in [5.74, 6) is 2.87. The molecule has 4 nitrogen and oxygen atoms in total. The maximum absolute atomic E-state index is 5.59. The Labute approximate surface area is 97.9 Å². The zero-order valence-electron chi connectivity index (χ0n) is 8.76. The Morgan fingerprint density at radius 1 is 1.31 bits per heavy atom. The predicted molar refractivity (Wildman–Crippen MR) is 63.7 cm³/mol. The van der Waals surface area contributed by atoms with Crippen molar-refractivity contribution in [3.8, 4) is 5.69 Å². The van der Waals surface area contributed by atoms with E-state index in [0.29, 0.717) is 6.54 Å². The maximum atomic E-state index is 5.59. The van der Waals surface area contributed by atoms with Crippen LogP contribution in [0.2, 0.25) is 0 Å². The van der Waals surface area contributed by atoms with E-state index in [1.807, 2.05) is 17.8 Å². The molecule has 16 heavy (non-hydrogen) atoms. The van der Waals surface area contributed by atoms with Gasteiger partial charge in [-0.05, 0) is 18.7 Å². The Balaban J connectivity index is 2.17. The maximum Gasteiger partial charge on any atom is 0.148 e. The quantitative estimate of drug-likeness (QED) is 0.849. The molecule has 1 aromatic heterocycles. The Hall–Kier alpha value is -1.33. The van der Waals surface area contributed by atoms with Crippen molar-refractivity contribution in [3.63, 3.8) is 0 Å². The molecule has 0 radical (unpaired) electrons. The summed E-state index contributed by atoms with van der Waals surface area (Å²) < 4.78 is 2.14. The van der Waals surface area contributed by atoms with E-state index >= 15 is 0 Å². The van der Waals surface area contributed by atoms with Gasteiger partial charge in [-0.2, -0.15) is 0 Å². The van der Waals surface area contributed by atoms with Crippen molar-refractivity contribution in [1.82, 2.24) is 14.8 Å². The second kappa shape index (κ2) is 3.92. The van der Waals surface area contributed by atoms with Crippen LogP contribution in [0.3, 0.4) is 0 Å². The summed E-state index contributed by atoms with van der Waals surface area (Å²) in [7, 11) is 0. The van der Waals surface area contributed by atoms with Gasteiger partial charge in [0.05, 0.1) is 11.4 Å². The Morgan fingerprint density at radius 3 is 3.06 bits per heavy atom. The average molecular weight is 232 g/mol. The lowest BCUT2D eigenvalue weighted by Gasteiger charge is -2.18. The van der Waals surface area contributed by atoms with Crippen LogP contribution in [0.25, 0.3) is 5.69 Å². The molecule has 1 aromatic carbocycles. The highest BCUT2D eigenvalue weighted by atomic mass is 32.2. The fraction of sp³-hybridized carbons (Fsp3) is 0.273. The van der Waals surface area contributed by atoms with Gasteiger partial charge < -0.3 is 5.73 Å². The van der Waals surface area contributed by atoms with Crippen LogP contribution in [0.1, 0.15) is 11.6 Å². The van der Waals surface area contributed by atoms with Crippen LogP contribution in [-0.2, 0) is 12.2 Å². The second-order valence-corrected chi connectivity index (χ2v) is 4.68. The number of aromatic nitrogens is 3.